The van der Waals surface area contributed by atoms with E-state index in [0.717, 1.165) is 31.6 Å². The zero-order valence-electron chi connectivity index (χ0n) is 18.1. The summed E-state index contributed by atoms with van der Waals surface area (Å²) in [4.78, 5) is 26.3. The third-order valence-electron chi connectivity index (χ3n) is 6.07. The van der Waals surface area contributed by atoms with Crippen LogP contribution < -0.4 is 9.64 Å². The van der Waals surface area contributed by atoms with E-state index < -0.39 is 11.6 Å². The van der Waals surface area contributed by atoms with E-state index in [0.29, 0.717) is 30.0 Å². The van der Waals surface area contributed by atoms with Crippen LogP contribution in [0, 0.1) is 11.6 Å². The number of nitrogens with zero attached hydrogens (tertiary/aromatic N) is 4. The van der Waals surface area contributed by atoms with Crippen LogP contribution in [0.5, 0.6) is 11.6 Å². The van der Waals surface area contributed by atoms with Crippen LogP contribution in [0.4, 0.5) is 14.7 Å². The monoisotopic (exact) mass is 450 g/mol. The van der Waals surface area contributed by atoms with Crippen LogP contribution in [-0.2, 0) is 13.0 Å². The number of para-hydroxylation sites is 1. The Kier molecular flexibility index (Phi) is 5.90. The van der Waals surface area contributed by atoms with Gasteiger partial charge in [-0.25, -0.2) is 13.8 Å². The van der Waals surface area contributed by atoms with Crippen molar-refractivity contribution in [3.8, 4) is 11.6 Å². The van der Waals surface area contributed by atoms with Gasteiger partial charge in [0.2, 0.25) is 11.8 Å². The van der Waals surface area contributed by atoms with Gasteiger partial charge in [0.1, 0.15) is 5.82 Å². The number of hydrogen-bond donors (Lipinski definition) is 0. The van der Waals surface area contributed by atoms with E-state index in [1.165, 1.54) is 36.8 Å². The Labute approximate surface area is 190 Å². The lowest BCUT2D eigenvalue weighted by atomic mass is 10.0. The van der Waals surface area contributed by atoms with Gasteiger partial charge >= 0.3 is 0 Å². The molecule has 170 valence electrons. The average Bonchev–Trinajstić information content (AvgIpc) is 2.85. The van der Waals surface area contributed by atoms with Crippen molar-refractivity contribution in [1.29, 1.82) is 0 Å². The average molecular weight is 450 g/mol. The first-order valence-electron chi connectivity index (χ1n) is 11.2. The summed E-state index contributed by atoms with van der Waals surface area (Å²) in [6.45, 7) is 2.44. The summed E-state index contributed by atoms with van der Waals surface area (Å²) in [6.07, 6.45) is 3.85. The van der Waals surface area contributed by atoms with Crippen LogP contribution in [0.15, 0.2) is 48.5 Å². The quantitative estimate of drug-likeness (QED) is 0.575. The van der Waals surface area contributed by atoms with Crippen molar-refractivity contribution < 1.29 is 18.3 Å². The van der Waals surface area contributed by atoms with Gasteiger partial charge in [0.05, 0.1) is 17.8 Å². The van der Waals surface area contributed by atoms with Crippen molar-refractivity contribution in [2.75, 3.05) is 24.5 Å². The Morgan fingerprint density at radius 2 is 1.67 bits per heavy atom. The fraction of sp³-hybridized carbons (Fsp3) is 0.320. The fourth-order valence-corrected chi connectivity index (χ4v) is 4.27. The van der Waals surface area contributed by atoms with Gasteiger partial charge in [0, 0.05) is 31.6 Å². The molecule has 0 aliphatic carbocycles. The van der Waals surface area contributed by atoms with Crippen LogP contribution in [-0.4, -0.2) is 40.4 Å². The zero-order valence-corrected chi connectivity index (χ0v) is 18.1. The van der Waals surface area contributed by atoms with E-state index in [4.69, 9.17) is 9.72 Å². The molecular formula is C25H24F2N4O2. The Bertz CT molecular complexity index is 1160. The second-order valence-electron chi connectivity index (χ2n) is 8.32. The predicted octanol–water partition coefficient (Wildman–Crippen LogP) is 4.74. The molecule has 0 saturated carbocycles. The van der Waals surface area contributed by atoms with Crippen molar-refractivity contribution in [1.82, 2.24) is 14.9 Å². The van der Waals surface area contributed by atoms with E-state index in [9.17, 15) is 13.6 Å². The van der Waals surface area contributed by atoms with Gasteiger partial charge in [-0.2, -0.15) is 4.98 Å². The van der Waals surface area contributed by atoms with Crippen molar-refractivity contribution in [3.63, 3.8) is 0 Å². The normalized spacial score (nSPS) is 15.8. The van der Waals surface area contributed by atoms with Gasteiger partial charge in [-0.05, 0) is 55.7 Å². The molecule has 2 aromatic carbocycles. The summed E-state index contributed by atoms with van der Waals surface area (Å²) in [7, 11) is 0. The lowest BCUT2D eigenvalue weighted by Gasteiger charge is -2.32. The molecule has 0 atom stereocenters. The molecule has 2 aliphatic heterocycles. The molecule has 1 aromatic heterocycles. The second kappa shape index (κ2) is 9.13. The standard InChI is InChI=1S/C25H24F2N4O2/c26-18-10-8-17(9-11-18)24(32)31-15-12-21-19(16-31)23(33-22-7-3-2-6-20(22)27)29-25(28-21)30-13-4-1-5-14-30/h2-3,6-11H,1,4-5,12-16H2. The number of aromatic nitrogens is 2. The number of piperidine rings is 1. The Morgan fingerprint density at radius 1 is 0.909 bits per heavy atom. The smallest absolute Gasteiger partial charge is 0.254 e. The predicted molar refractivity (Wildman–Crippen MR) is 119 cm³/mol. The lowest BCUT2D eigenvalue weighted by Crippen LogP contribution is -2.37. The van der Waals surface area contributed by atoms with E-state index in [1.54, 1.807) is 23.1 Å². The molecule has 1 fully saturated rings. The number of ether oxygens (including phenoxy) is 1. The minimum absolute atomic E-state index is 0.0741. The number of fused-ring (bicyclic) bond motifs is 1. The Morgan fingerprint density at radius 3 is 2.42 bits per heavy atom. The van der Waals surface area contributed by atoms with E-state index in [-0.39, 0.29) is 24.1 Å². The van der Waals surface area contributed by atoms with Crippen molar-refractivity contribution >= 4 is 11.9 Å². The molecule has 1 amide bonds. The summed E-state index contributed by atoms with van der Waals surface area (Å²) in [5.41, 5.74) is 1.88. The zero-order chi connectivity index (χ0) is 22.8. The third kappa shape index (κ3) is 4.51. The van der Waals surface area contributed by atoms with E-state index >= 15 is 0 Å². The molecule has 6 nitrogen and oxygen atoms in total. The number of rotatable bonds is 4. The first-order valence-corrected chi connectivity index (χ1v) is 11.2. The van der Waals surface area contributed by atoms with Crippen LogP contribution in [0.3, 0.4) is 0 Å². The fourth-order valence-electron chi connectivity index (χ4n) is 4.27. The third-order valence-corrected chi connectivity index (χ3v) is 6.07. The first kappa shape index (κ1) is 21.3. The van der Waals surface area contributed by atoms with Crippen molar-refractivity contribution in [3.05, 3.63) is 77.0 Å². The topological polar surface area (TPSA) is 58.6 Å². The molecule has 8 heteroatoms. The van der Waals surface area contributed by atoms with Gasteiger partial charge in [-0.15, -0.1) is 0 Å². The SMILES string of the molecule is O=C(c1ccc(F)cc1)N1CCc2nc(N3CCCCC3)nc(Oc3ccccc3F)c2C1. The molecule has 3 heterocycles. The summed E-state index contributed by atoms with van der Waals surface area (Å²) in [5.74, 6) is -0.169. The Hall–Kier alpha value is -3.55. The van der Waals surface area contributed by atoms with Crippen molar-refractivity contribution in [2.24, 2.45) is 0 Å². The number of anilines is 1. The number of amides is 1. The summed E-state index contributed by atoms with van der Waals surface area (Å²) in [5, 5.41) is 0. The molecule has 0 N–H and O–H groups in total. The molecule has 0 spiro atoms. The minimum atomic E-state index is -0.487. The summed E-state index contributed by atoms with van der Waals surface area (Å²) in [6, 6.07) is 11.7. The summed E-state index contributed by atoms with van der Waals surface area (Å²) < 4.78 is 33.6. The molecule has 2 aliphatic rings. The maximum Gasteiger partial charge on any atom is 0.254 e. The molecule has 1 saturated heterocycles. The van der Waals surface area contributed by atoms with Gasteiger partial charge in [0.15, 0.2) is 11.6 Å². The highest BCUT2D eigenvalue weighted by atomic mass is 19.1. The van der Waals surface area contributed by atoms with Crippen LogP contribution in [0.1, 0.15) is 40.9 Å². The number of carbonyl (C=O) groups is 1. The van der Waals surface area contributed by atoms with E-state index in [2.05, 4.69) is 9.88 Å². The maximum absolute atomic E-state index is 14.3. The van der Waals surface area contributed by atoms with E-state index in [1.807, 2.05) is 0 Å². The highest BCUT2D eigenvalue weighted by Gasteiger charge is 2.29. The van der Waals surface area contributed by atoms with Gasteiger partial charge in [0.25, 0.3) is 5.91 Å². The number of carbonyl (C=O) groups excluding carboxylic acids is 1. The van der Waals surface area contributed by atoms with Crippen LogP contribution in [0.25, 0.3) is 0 Å². The summed E-state index contributed by atoms with van der Waals surface area (Å²) >= 11 is 0. The lowest BCUT2D eigenvalue weighted by molar-refractivity contribution is 0.0732. The second-order valence-corrected chi connectivity index (χ2v) is 8.32. The highest BCUT2D eigenvalue weighted by Crippen LogP contribution is 2.33. The maximum atomic E-state index is 14.3. The van der Waals surface area contributed by atoms with Gasteiger partial charge < -0.3 is 14.5 Å². The van der Waals surface area contributed by atoms with Gasteiger partial charge in [-0.3, -0.25) is 4.79 Å². The van der Waals surface area contributed by atoms with Crippen molar-refractivity contribution in [2.45, 2.75) is 32.2 Å². The molecule has 0 unspecified atom stereocenters. The molecular weight excluding hydrogens is 426 g/mol. The molecule has 0 radical (unpaired) electrons. The Balaban J connectivity index is 1.49. The highest BCUT2D eigenvalue weighted by molar-refractivity contribution is 5.94. The molecule has 0 bridgehead atoms. The van der Waals surface area contributed by atoms with Crippen LogP contribution in [0.2, 0.25) is 0 Å². The largest absolute Gasteiger partial charge is 0.435 e. The van der Waals surface area contributed by atoms with Gasteiger partial charge in [-0.1, -0.05) is 12.1 Å². The number of benzene rings is 2. The first-order chi connectivity index (χ1) is 16.1. The molecule has 5 rings (SSSR count). The molecule has 3 aromatic rings. The van der Waals surface area contributed by atoms with Crippen LogP contribution >= 0.6 is 0 Å². The minimum Gasteiger partial charge on any atom is -0.435 e. The number of halogens is 2. The molecule has 33 heavy (non-hydrogen) atoms. The number of hydrogen-bond acceptors (Lipinski definition) is 5.